The van der Waals surface area contributed by atoms with Crippen molar-refractivity contribution in [1.82, 2.24) is 20.0 Å². The van der Waals surface area contributed by atoms with Crippen LogP contribution in [0.4, 0.5) is 0 Å². The molecule has 2 aliphatic rings. The molecular formula is C23H39N5O2. The Morgan fingerprint density at radius 2 is 1.83 bits per heavy atom. The third-order valence-corrected chi connectivity index (χ3v) is 6.01. The number of nitrogens with one attached hydrogen (secondary N) is 1. The predicted octanol–water partition coefficient (Wildman–Crippen LogP) is 1.36. The largest absolute Gasteiger partial charge is 0.382 e. The maximum absolute atomic E-state index is 5.70. The zero-order valence-electron chi connectivity index (χ0n) is 18.8. The fourth-order valence-corrected chi connectivity index (χ4v) is 4.22. The average Bonchev–Trinajstić information content (AvgIpc) is 3.25. The monoisotopic (exact) mass is 417 g/mol. The molecule has 2 saturated heterocycles. The maximum atomic E-state index is 5.70. The van der Waals surface area contributed by atoms with Crippen LogP contribution >= 0.6 is 0 Å². The number of rotatable bonds is 10. The van der Waals surface area contributed by atoms with E-state index >= 15 is 0 Å². The van der Waals surface area contributed by atoms with Gasteiger partial charge >= 0.3 is 0 Å². The molecule has 0 spiro atoms. The summed E-state index contributed by atoms with van der Waals surface area (Å²) in [4.78, 5) is 12.0. The number of guanidine groups is 1. The van der Waals surface area contributed by atoms with E-state index in [1.165, 1.54) is 5.56 Å². The first-order valence-corrected chi connectivity index (χ1v) is 11.3. The molecule has 1 aromatic carbocycles. The van der Waals surface area contributed by atoms with Gasteiger partial charge in [-0.25, -0.2) is 0 Å². The normalized spacial score (nSPS) is 21.3. The zero-order chi connectivity index (χ0) is 21.0. The summed E-state index contributed by atoms with van der Waals surface area (Å²) < 4.78 is 10.7. The van der Waals surface area contributed by atoms with Crippen molar-refractivity contribution >= 4 is 5.96 Å². The molecular weight excluding hydrogens is 378 g/mol. The van der Waals surface area contributed by atoms with Gasteiger partial charge < -0.3 is 19.7 Å². The van der Waals surface area contributed by atoms with Crippen molar-refractivity contribution in [3.63, 3.8) is 0 Å². The first-order chi connectivity index (χ1) is 14.8. The van der Waals surface area contributed by atoms with E-state index in [1.54, 1.807) is 7.11 Å². The van der Waals surface area contributed by atoms with Gasteiger partial charge in [0.25, 0.3) is 0 Å². The molecule has 1 atom stereocenters. The molecule has 2 heterocycles. The Bertz CT molecular complexity index is 619. The standard InChI is InChI=1S/C23H39N5O2/c1-24-23(28-10-8-22(19-28)20-30-17-16-29-2)25-9-11-26-12-14-27(15-13-26)18-21-6-4-3-5-7-21/h3-7,22H,8-20H2,1-2H3,(H,24,25). The van der Waals surface area contributed by atoms with E-state index in [2.05, 4.69) is 55.3 Å². The van der Waals surface area contributed by atoms with Gasteiger partial charge in [0.05, 0.1) is 19.8 Å². The Balaban J connectivity index is 1.29. The van der Waals surface area contributed by atoms with Crippen LogP contribution in [-0.2, 0) is 16.0 Å². The predicted molar refractivity (Wildman–Crippen MR) is 122 cm³/mol. The van der Waals surface area contributed by atoms with E-state index in [1.807, 2.05) is 7.05 Å². The number of ether oxygens (including phenoxy) is 2. The lowest BCUT2D eigenvalue weighted by molar-refractivity contribution is 0.0536. The molecule has 7 heteroatoms. The van der Waals surface area contributed by atoms with Crippen molar-refractivity contribution in [2.24, 2.45) is 10.9 Å². The zero-order valence-corrected chi connectivity index (χ0v) is 18.8. The van der Waals surface area contributed by atoms with Crippen LogP contribution in [0.2, 0.25) is 0 Å². The van der Waals surface area contributed by atoms with Crippen LogP contribution in [-0.4, -0.2) is 107 Å². The molecule has 2 aliphatic heterocycles. The molecule has 30 heavy (non-hydrogen) atoms. The van der Waals surface area contributed by atoms with Crippen molar-refractivity contribution < 1.29 is 9.47 Å². The fourth-order valence-electron chi connectivity index (χ4n) is 4.22. The summed E-state index contributed by atoms with van der Waals surface area (Å²) in [6, 6.07) is 10.8. The van der Waals surface area contributed by atoms with Crippen LogP contribution in [0.15, 0.2) is 35.3 Å². The summed E-state index contributed by atoms with van der Waals surface area (Å²) in [5.74, 6) is 1.61. The quantitative estimate of drug-likeness (QED) is 0.353. The summed E-state index contributed by atoms with van der Waals surface area (Å²) in [5.41, 5.74) is 1.41. The van der Waals surface area contributed by atoms with Gasteiger partial charge in [0.15, 0.2) is 5.96 Å². The number of methoxy groups -OCH3 is 1. The minimum absolute atomic E-state index is 0.582. The Kier molecular flexibility index (Phi) is 9.89. The number of hydrogen-bond donors (Lipinski definition) is 1. The van der Waals surface area contributed by atoms with Crippen molar-refractivity contribution in [2.75, 3.05) is 86.3 Å². The second-order valence-corrected chi connectivity index (χ2v) is 8.25. The lowest BCUT2D eigenvalue weighted by Crippen LogP contribution is -2.49. The molecule has 0 aliphatic carbocycles. The van der Waals surface area contributed by atoms with Crippen molar-refractivity contribution in [3.05, 3.63) is 35.9 Å². The topological polar surface area (TPSA) is 52.6 Å². The lowest BCUT2D eigenvalue weighted by atomic mass is 10.1. The summed E-state index contributed by atoms with van der Waals surface area (Å²) in [5, 5.41) is 3.57. The highest BCUT2D eigenvalue weighted by Gasteiger charge is 2.25. The number of likely N-dealkylation sites (tertiary alicyclic amines) is 1. The molecule has 0 bridgehead atoms. The van der Waals surface area contributed by atoms with Gasteiger partial charge in [0, 0.05) is 79.0 Å². The number of aliphatic imine (C=N–C) groups is 1. The molecule has 2 fully saturated rings. The number of hydrogen-bond acceptors (Lipinski definition) is 5. The molecule has 3 rings (SSSR count). The molecule has 1 aromatic rings. The second kappa shape index (κ2) is 12.9. The van der Waals surface area contributed by atoms with E-state index in [4.69, 9.17) is 9.47 Å². The van der Waals surface area contributed by atoms with Crippen LogP contribution in [0, 0.1) is 5.92 Å². The van der Waals surface area contributed by atoms with Crippen LogP contribution in [0.5, 0.6) is 0 Å². The summed E-state index contributed by atoms with van der Waals surface area (Å²) in [7, 11) is 3.59. The number of benzene rings is 1. The highest BCUT2D eigenvalue weighted by Crippen LogP contribution is 2.16. The van der Waals surface area contributed by atoms with Gasteiger partial charge in [0.1, 0.15) is 0 Å². The highest BCUT2D eigenvalue weighted by molar-refractivity contribution is 5.80. The second-order valence-electron chi connectivity index (χ2n) is 8.25. The Labute approximate surface area is 182 Å². The van der Waals surface area contributed by atoms with Crippen molar-refractivity contribution in [2.45, 2.75) is 13.0 Å². The SMILES string of the molecule is CN=C(NCCN1CCN(Cc2ccccc2)CC1)N1CCC(COCCOC)C1. The maximum Gasteiger partial charge on any atom is 0.193 e. The third-order valence-electron chi connectivity index (χ3n) is 6.01. The Hall–Kier alpha value is -1.67. The van der Waals surface area contributed by atoms with Gasteiger partial charge in [-0.15, -0.1) is 0 Å². The lowest BCUT2D eigenvalue weighted by Gasteiger charge is -2.35. The van der Waals surface area contributed by atoms with Crippen LogP contribution in [0.1, 0.15) is 12.0 Å². The average molecular weight is 418 g/mol. The number of piperazine rings is 1. The Morgan fingerprint density at radius 3 is 2.57 bits per heavy atom. The van der Waals surface area contributed by atoms with Gasteiger partial charge in [-0.2, -0.15) is 0 Å². The van der Waals surface area contributed by atoms with Gasteiger partial charge in [-0.3, -0.25) is 14.8 Å². The minimum Gasteiger partial charge on any atom is -0.382 e. The van der Waals surface area contributed by atoms with Gasteiger partial charge in [0.2, 0.25) is 0 Å². The van der Waals surface area contributed by atoms with E-state index in [0.717, 1.165) is 77.9 Å². The first-order valence-electron chi connectivity index (χ1n) is 11.3. The smallest absolute Gasteiger partial charge is 0.193 e. The van der Waals surface area contributed by atoms with E-state index < -0.39 is 0 Å². The van der Waals surface area contributed by atoms with Gasteiger partial charge in [-0.1, -0.05) is 30.3 Å². The molecule has 1 N–H and O–H groups in total. The molecule has 1 unspecified atom stereocenters. The molecule has 0 radical (unpaired) electrons. The fraction of sp³-hybridized carbons (Fsp3) is 0.696. The van der Waals surface area contributed by atoms with E-state index in [9.17, 15) is 0 Å². The van der Waals surface area contributed by atoms with E-state index in [0.29, 0.717) is 19.1 Å². The Morgan fingerprint density at radius 1 is 1.07 bits per heavy atom. The molecule has 0 aromatic heterocycles. The molecule has 0 amide bonds. The third kappa shape index (κ3) is 7.54. The summed E-state index contributed by atoms with van der Waals surface area (Å²) >= 11 is 0. The van der Waals surface area contributed by atoms with Gasteiger partial charge in [-0.05, 0) is 12.0 Å². The molecule has 7 nitrogen and oxygen atoms in total. The first kappa shape index (κ1) is 23.0. The molecule has 0 saturated carbocycles. The minimum atomic E-state index is 0.582. The van der Waals surface area contributed by atoms with Crippen molar-refractivity contribution in [3.8, 4) is 0 Å². The van der Waals surface area contributed by atoms with Crippen LogP contribution in [0.25, 0.3) is 0 Å². The van der Waals surface area contributed by atoms with E-state index in [-0.39, 0.29) is 0 Å². The summed E-state index contributed by atoms with van der Waals surface area (Å²) in [6.45, 7) is 11.8. The van der Waals surface area contributed by atoms with Crippen molar-refractivity contribution in [1.29, 1.82) is 0 Å². The summed E-state index contributed by atoms with van der Waals surface area (Å²) in [6.07, 6.45) is 1.16. The van der Waals surface area contributed by atoms with Crippen LogP contribution in [0.3, 0.4) is 0 Å². The highest BCUT2D eigenvalue weighted by atomic mass is 16.5. The number of nitrogens with zero attached hydrogens (tertiary/aromatic N) is 4. The van der Waals surface area contributed by atoms with Crippen LogP contribution < -0.4 is 5.32 Å². The molecule has 168 valence electrons.